The van der Waals surface area contributed by atoms with Crippen LogP contribution in [0.1, 0.15) is 40.5 Å². The van der Waals surface area contributed by atoms with E-state index in [1.165, 1.54) is 0 Å². The summed E-state index contributed by atoms with van der Waals surface area (Å²) in [5, 5.41) is 11.0. The van der Waals surface area contributed by atoms with Crippen LogP contribution < -0.4 is 0 Å². The van der Waals surface area contributed by atoms with Crippen LogP contribution in [-0.2, 0) is 19.1 Å². The number of Topliss-reactive ketones (excluding diaryl/α,β-unsaturated/α-hetero) is 2. The first-order valence-corrected chi connectivity index (χ1v) is 9.43. The first-order chi connectivity index (χ1) is 12.1. The second-order valence-electron chi connectivity index (χ2n) is 9.53. The lowest BCUT2D eigenvalue weighted by atomic mass is 9.59. The lowest BCUT2D eigenvalue weighted by molar-refractivity contribution is -0.168. The third-order valence-electron chi connectivity index (χ3n) is 8.21. The fourth-order valence-corrected chi connectivity index (χ4v) is 7.00. The Kier molecular flexibility index (Phi) is 2.79. The molecule has 8 atom stereocenters. The maximum atomic E-state index is 13.9. The molecule has 5 rings (SSSR count). The zero-order chi connectivity index (χ0) is 18.8. The summed E-state index contributed by atoms with van der Waals surface area (Å²) in [5.74, 6) is -0.598. The molecule has 1 aliphatic heterocycles. The number of carbonyl (C=O) groups excluding carboxylic acids is 3. The zero-order valence-corrected chi connectivity index (χ0v) is 15.4. The number of fused-ring (bicyclic) bond motifs is 3. The summed E-state index contributed by atoms with van der Waals surface area (Å²) in [7, 11) is 0. The normalized spacial score (nSPS) is 53.4. The number of hydrogen-bond donors (Lipinski definition) is 1. The Hall–Kier alpha value is -1.69. The van der Waals surface area contributed by atoms with E-state index in [0.29, 0.717) is 11.5 Å². The Labute approximate surface area is 151 Å². The van der Waals surface area contributed by atoms with E-state index in [9.17, 15) is 19.5 Å². The van der Waals surface area contributed by atoms with Crippen LogP contribution in [0, 0.1) is 34.5 Å². The van der Waals surface area contributed by atoms with Crippen LogP contribution >= 0.6 is 0 Å². The maximum absolute atomic E-state index is 13.9. The number of aliphatic hydroxyl groups is 1. The van der Waals surface area contributed by atoms with E-state index in [4.69, 9.17) is 9.47 Å². The van der Waals surface area contributed by atoms with Crippen molar-refractivity contribution in [1.82, 2.24) is 0 Å². The lowest BCUT2D eigenvalue weighted by Crippen LogP contribution is -2.64. The fraction of sp³-hybridized carbons (Fsp3) is 0.750. The molecule has 26 heavy (non-hydrogen) atoms. The minimum Gasteiger partial charge on any atom is -0.422 e. The SMILES string of the molecule is CC1=C[C@]23C(=O)[C@H](CC(=O)[C@@H](O)[C@@]24OC(=O)O[C@@H]14)[C@H]1[C@@H](C[C@H]3C)C1(C)C. The maximum Gasteiger partial charge on any atom is 0.509 e. The van der Waals surface area contributed by atoms with Gasteiger partial charge in [-0.15, -0.1) is 0 Å². The molecule has 6 heteroatoms. The van der Waals surface area contributed by atoms with Gasteiger partial charge in [0.15, 0.2) is 23.8 Å². The monoisotopic (exact) mass is 360 g/mol. The molecule has 1 heterocycles. The summed E-state index contributed by atoms with van der Waals surface area (Å²) in [6, 6.07) is 0. The fourth-order valence-electron chi connectivity index (χ4n) is 7.00. The molecule has 0 aromatic rings. The van der Waals surface area contributed by atoms with Crippen molar-refractivity contribution in [2.75, 3.05) is 0 Å². The number of ether oxygens (including phenoxy) is 2. The molecule has 2 spiro atoms. The van der Waals surface area contributed by atoms with Crippen LogP contribution in [0.2, 0.25) is 0 Å². The minimum atomic E-state index is -1.66. The van der Waals surface area contributed by atoms with Crippen molar-refractivity contribution in [3.63, 3.8) is 0 Å². The lowest BCUT2D eigenvalue weighted by Gasteiger charge is -2.45. The van der Waals surface area contributed by atoms with Crippen molar-refractivity contribution in [3.8, 4) is 0 Å². The average molecular weight is 360 g/mol. The summed E-state index contributed by atoms with van der Waals surface area (Å²) >= 11 is 0. The molecular formula is C20H24O6. The van der Waals surface area contributed by atoms with E-state index >= 15 is 0 Å². The van der Waals surface area contributed by atoms with Crippen LogP contribution in [0.15, 0.2) is 11.6 Å². The van der Waals surface area contributed by atoms with Gasteiger partial charge in [0.05, 0.1) is 5.41 Å². The van der Waals surface area contributed by atoms with Crippen LogP contribution in [0.5, 0.6) is 0 Å². The highest BCUT2D eigenvalue weighted by Gasteiger charge is 2.81. The quantitative estimate of drug-likeness (QED) is 0.525. The predicted molar refractivity (Wildman–Crippen MR) is 88.9 cm³/mol. The van der Waals surface area contributed by atoms with Gasteiger partial charge in [-0.05, 0) is 42.1 Å². The van der Waals surface area contributed by atoms with E-state index < -0.39 is 41.1 Å². The van der Waals surface area contributed by atoms with E-state index in [1.54, 1.807) is 6.92 Å². The largest absolute Gasteiger partial charge is 0.509 e. The van der Waals surface area contributed by atoms with Crippen LogP contribution in [0.3, 0.4) is 0 Å². The summed E-state index contributed by atoms with van der Waals surface area (Å²) in [6.07, 6.45) is -0.705. The van der Waals surface area contributed by atoms with Gasteiger partial charge in [0.1, 0.15) is 0 Å². The molecule has 5 aliphatic rings. The summed E-state index contributed by atoms with van der Waals surface area (Å²) in [6.45, 7) is 8.06. The first-order valence-electron chi connectivity index (χ1n) is 9.43. The van der Waals surface area contributed by atoms with Crippen LogP contribution in [0.4, 0.5) is 4.79 Å². The third-order valence-corrected chi connectivity index (χ3v) is 8.21. The number of ketones is 2. The minimum absolute atomic E-state index is 0.0119. The molecule has 140 valence electrons. The molecular weight excluding hydrogens is 336 g/mol. The Balaban J connectivity index is 1.78. The Morgan fingerprint density at radius 1 is 1.23 bits per heavy atom. The number of aliphatic hydroxyl groups excluding tert-OH is 1. The molecule has 0 aromatic heterocycles. The molecule has 2 bridgehead atoms. The molecule has 6 nitrogen and oxygen atoms in total. The Bertz CT molecular complexity index is 796. The molecule has 3 saturated carbocycles. The molecule has 1 N–H and O–H groups in total. The highest BCUT2D eigenvalue weighted by molar-refractivity contribution is 6.02. The third kappa shape index (κ3) is 1.46. The molecule has 1 saturated heterocycles. The van der Waals surface area contributed by atoms with Gasteiger partial charge in [0.2, 0.25) is 5.60 Å². The summed E-state index contributed by atoms with van der Waals surface area (Å²) in [4.78, 5) is 38.9. The molecule has 0 radical (unpaired) electrons. The molecule has 0 aromatic carbocycles. The van der Waals surface area contributed by atoms with Crippen molar-refractivity contribution < 1.29 is 29.0 Å². The van der Waals surface area contributed by atoms with E-state index in [1.807, 2.05) is 13.0 Å². The standard InChI is InChI=1S/C20H24O6/c1-8-7-19-9(2)5-11-13(18(11,3)4)10(14(19)22)6-12(21)15(23)20(19)16(8)25-17(24)26-20/h7,9-11,13,15-16,23H,5-6H2,1-4H3/t9-,10-,11-,13+,15-,16+,19+,20+/m1/s1. The van der Waals surface area contributed by atoms with E-state index in [0.717, 1.165) is 6.42 Å². The predicted octanol–water partition coefficient (Wildman–Crippen LogP) is 2.04. The highest BCUT2D eigenvalue weighted by Crippen LogP contribution is 2.72. The van der Waals surface area contributed by atoms with Gasteiger partial charge in [-0.3, -0.25) is 9.59 Å². The molecule has 0 amide bonds. The molecule has 4 fully saturated rings. The van der Waals surface area contributed by atoms with Crippen molar-refractivity contribution in [2.45, 2.75) is 58.3 Å². The van der Waals surface area contributed by atoms with Gasteiger partial charge in [-0.25, -0.2) is 4.79 Å². The van der Waals surface area contributed by atoms with E-state index in [-0.39, 0.29) is 29.5 Å². The van der Waals surface area contributed by atoms with Gasteiger partial charge >= 0.3 is 6.16 Å². The summed E-state index contributed by atoms with van der Waals surface area (Å²) in [5.41, 5.74) is -2.16. The van der Waals surface area contributed by atoms with Gasteiger partial charge < -0.3 is 14.6 Å². The Morgan fingerprint density at radius 2 is 1.92 bits per heavy atom. The van der Waals surface area contributed by atoms with Crippen molar-refractivity contribution in [1.29, 1.82) is 0 Å². The van der Waals surface area contributed by atoms with Crippen LogP contribution in [-0.4, -0.2) is 40.6 Å². The second kappa shape index (κ2) is 4.41. The van der Waals surface area contributed by atoms with Crippen molar-refractivity contribution in [3.05, 3.63) is 11.6 Å². The first kappa shape index (κ1) is 16.5. The second-order valence-corrected chi connectivity index (χ2v) is 9.53. The summed E-state index contributed by atoms with van der Waals surface area (Å²) < 4.78 is 10.9. The van der Waals surface area contributed by atoms with Crippen molar-refractivity contribution in [2.24, 2.45) is 34.5 Å². The number of carbonyl (C=O) groups is 3. The van der Waals surface area contributed by atoms with Gasteiger partial charge in [0, 0.05) is 12.3 Å². The van der Waals surface area contributed by atoms with Crippen molar-refractivity contribution >= 4 is 17.7 Å². The number of hydrogen-bond acceptors (Lipinski definition) is 6. The molecule has 0 unspecified atom stereocenters. The highest BCUT2D eigenvalue weighted by atomic mass is 16.8. The van der Waals surface area contributed by atoms with E-state index in [2.05, 4.69) is 13.8 Å². The topological polar surface area (TPSA) is 89.9 Å². The molecule has 4 aliphatic carbocycles. The average Bonchev–Trinajstić information content (AvgIpc) is 2.87. The van der Waals surface area contributed by atoms with Crippen LogP contribution in [0.25, 0.3) is 0 Å². The van der Waals surface area contributed by atoms with Gasteiger partial charge in [0.25, 0.3) is 0 Å². The number of rotatable bonds is 0. The van der Waals surface area contributed by atoms with Gasteiger partial charge in [-0.1, -0.05) is 26.8 Å². The zero-order valence-electron chi connectivity index (χ0n) is 15.4. The Morgan fingerprint density at radius 3 is 2.62 bits per heavy atom. The smallest absolute Gasteiger partial charge is 0.422 e. The van der Waals surface area contributed by atoms with Gasteiger partial charge in [-0.2, -0.15) is 0 Å².